The van der Waals surface area contributed by atoms with Crippen molar-refractivity contribution < 1.29 is 19.1 Å². The average molecular weight is 614 g/mol. The number of rotatable bonds is 8. The summed E-state index contributed by atoms with van der Waals surface area (Å²) >= 11 is 0. The van der Waals surface area contributed by atoms with Crippen LogP contribution >= 0.6 is 0 Å². The number of aryl methyl sites for hydroxylation is 1. The highest BCUT2D eigenvalue weighted by molar-refractivity contribution is 5.90. The van der Waals surface area contributed by atoms with E-state index < -0.39 is 0 Å². The highest BCUT2D eigenvalue weighted by atomic mass is 16.5. The molecular formula is C34H43N7O4. The van der Waals surface area contributed by atoms with E-state index in [4.69, 9.17) is 19.4 Å². The van der Waals surface area contributed by atoms with E-state index in [1.807, 2.05) is 12.1 Å². The minimum atomic E-state index is -0.311. The number of hydrogen-bond donors (Lipinski definition) is 0. The number of likely N-dealkylation sites (tertiary alicyclic amines) is 1. The molecule has 0 bridgehead atoms. The van der Waals surface area contributed by atoms with E-state index in [2.05, 4.69) is 40.5 Å². The zero-order valence-electron chi connectivity index (χ0n) is 26.4. The molecule has 4 aliphatic rings. The van der Waals surface area contributed by atoms with Crippen LogP contribution in [0.5, 0.6) is 6.01 Å². The normalized spacial score (nSPS) is 23.1. The van der Waals surface area contributed by atoms with Crippen molar-refractivity contribution >= 4 is 23.4 Å². The Morgan fingerprint density at radius 1 is 1.11 bits per heavy atom. The van der Waals surface area contributed by atoms with Crippen LogP contribution in [0.15, 0.2) is 30.9 Å². The predicted octanol–water partition coefficient (Wildman–Crippen LogP) is 3.16. The third-order valence-electron chi connectivity index (χ3n) is 9.95. The molecule has 45 heavy (non-hydrogen) atoms. The molecule has 238 valence electrons. The van der Waals surface area contributed by atoms with Crippen molar-refractivity contribution in [3.8, 4) is 12.1 Å². The van der Waals surface area contributed by atoms with Gasteiger partial charge in [-0.2, -0.15) is 15.2 Å². The molecule has 2 saturated heterocycles. The fourth-order valence-corrected chi connectivity index (χ4v) is 7.49. The quantitative estimate of drug-likeness (QED) is 0.325. The minimum absolute atomic E-state index is 0.146. The summed E-state index contributed by atoms with van der Waals surface area (Å²) in [6.07, 6.45) is 8.32. The molecule has 0 N–H and O–H groups in total. The van der Waals surface area contributed by atoms with Gasteiger partial charge in [0.15, 0.2) is 0 Å². The van der Waals surface area contributed by atoms with Crippen molar-refractivity contribution in [1.29, 1.82) is 5.26 Å². The summed E-state index contributed by atoms with van der Waals surface area (Å²) in [5.74, 6) is 0.407. The van der Waals surface area contributed by atoms with E-state index in [0.29, 0.717) is 43.9 Å². The summed E-state index contributed by atoms with van der Waals surface area (Å²) in [6.45, 7) is 7.85. The van der Waals surface area contributed by atoms with Crippen molar-refractivity contribution in [2.45, 2.75) is 69.5 Å². The van der Waals surface area contributed by atoms with Crippen molar-refractivity contribution in [1.82, 2.24) is 19.8 Å². The van der Waals surface area contributed by atoms with Crippen LogP contribution in [0.4, 0.5) is 11.5 Å². The molecule has 1 aromatic heterocycles. The van der Waals surface area contributed by atoms with E-state index in [-0.39, 0.29) is 30.4 Å². The standard InChI is InChI=1S/C34H43N7O4/c1-4-31(42)41-18-17-39(21-26(41)13-14-35)32-28-11-10-25(20-29(28)36-34(37-32)45-22-27-8-6-15-38(27)2)40-16-5-7-23-19-24(33(43)44-3)9-12-30(23)40/h4,9,12,19,25-27H,1,5-8,10-11,13,15-18,20-22H2,2-3H3/t25?,26-,27-/m0/s1. The number of esters is 1. The van der Waals surface area contributed by atoms with Gasteiger partial charge in [-0.1, -0.05) is 6.58 Å². The molecule has 1 amide bonds. The molecule has 6 rings (SSSR count). The molecule has 3 aliphatic heterocycles. The van der Waals surface area contributed by atoms with Crippen molar-refractivity contribution in [2.75, 3.05) is 63.3 Å². The number of benzene rings is 1. The Balaban J connectivity index is 1.29. The topological polar surface area (TPSA) is 115 Å². The third-order valence-corrected chi connectivity index (χ3v) is 9.95. The van der Waals surface area contributed by atoms with Crippen LogP contribution in [0.25, 0.3) is 0 Å². The number of nitrogens with zero attached hydrogens (tertiary/aromatic N) is 7. The van der Waals surface area contributed by atoms with Gasteiger partial charge in [0.25, 0.3) is 0 Å². The molecule has 3 atom stereocenters. The largest absolute Gasteiger partial charge is 0.465 e. The fourth-order valence-electron chi connectivity index (χ4n) is 7.49. The van der Waals surface area contributed by atoms with E-state index in [1.165, 1.54) is 24.4 Å². The highest BCUT2D eigenvalue weighted by Gasteiger charge is 2.35. The summed E-state index contributed by atoms with van der Waals surface area (Å²) in [5, 5.41) is 9.55. The zero-order chi connectivity index (χ0) is 31.5. The second-order valence-electron chi connectivity index (χ2n) is 12.6. The van der Waals surface area contributed by atoms with Gasteiger partial charge in [0, 0.05) is 55.9 Å². The Kier molecular flexibility index (Phi) is 9.21. The molecule has 0 saturated carbocycles. The molecule has 0 spiro atoms. The van der Waals surface area contributed by atoms with Gasteiger partial charge in [0.1, 0.15) is 12.4 Å². The van der Waals surface area contributed by atoms with Gasteiger partial charge in [-0.25, -0.2) is 4.79 Å². The van der Waals surface area contributed by atoms with Gasteiger partial charge < -0.3 is 29.1 Å². The first kappa shape index (κ1) is 30.8. The third kappa shape index (κ3) is 6.34. The summed E-state index contributed by atoms with van der Waals surface area (Å²) in [6, 6.07) is 8.91. The van der Waals surface area contributed by atoms with Crippen molar-refractivity contribution in [3.63, 3.8) is 0 Å². The van der Waals surface area contributed by atoms with Gasteiger partial charge in [0.2, 0.25) is 5.91 Å². The van der Waals surface area contributed by atoms with Gasteiger partial charge in [-0.15, -0.1) is 0 Å². The van der Waals surface area contributed by atoms with Crippen LogP contribution in [0.1, 0.15) is 59.3 Å². The van der Waals surface area contributed by atoms with Gasteiger partial charge in [-0.05, 0) is 82.0 Å². The van der Waals surface area contributed by atoms with E-state index in [0.717, 1.165) is 75.1 Å². The molecular weight excluding hydrogens is 570 g/mol. The smallest absolute Gasteiger partial charge is 0.337 e. The maximum Gasteiger partial charge on any atom is 0.337 e. The maximum absolute atomic E-state index is 12.6. The maximum atomic E-state index is 12.6. The number of ether oxygens (including phenoxy) is 2. The molecule has 2 aromatic rings. The lowest BCUT2D eigenvalue weighted by molar-refractivity contribution is -0.128. The summed E-state index contributed by atoms with van der Waals surface area (Å²) in [4.78, 5) is 43.6. The molecule has 1 unspecified atom stereocenters. The lowest BCUT2D eigenvalue weighted by Crippen LogP contribution is -2.55. The number of amides is 1. The van der Waals surface area contributed by atoms with Crippen molar-refractivity contribution in [3.05, 3.63) is 53.2 Å². The first-order valence-electron chi connectivity index (χ1n) is 16.2. The Morgan fingerprint density at radius 2 is 1.98 bits per heavy atom. The predicted molar refractivity (Wildman–Crippen MR) is 171 cm³/mol. The molecule has 1 aromatic carbocycles. The molecule has 4 heterocycles. The Labute approximate surface area is 265 Å². The van der Waals surface area contributed by atoms with Gasteiger partial charge in [0.05, 0.1) is 36.9 Å². The number of fused-ring (bicyclic) bond motifs is 2. The SMILES string of the molecule is C=CC(=O)N1CCN(c2nc(OC[C@@H]3CCCN3C)nc3c2CCC(N2CCCc4cc(C(=O)OC)ccc42)C3)C[C@@H]1CC#N. The summed E-state index contributed by atoms with van der Waals surface area (Å²) < 4.78 is 11.3. The van der Waals surface area contributed by atoms with Crippen LogP contribution in [0.2, 0.25) is 0 Å². The second-order valence-corrected chi connectivity index (χ2v) is 12.6. The van der Waals surface area contributed by atoms with E-state index in [9.17, 15) is 14.9 Å². The lowest BCUT2D eigenvalue weighted by atomic mass is 9.88. The van der Waals surface area contributed by atoms with Crippen LogP contribution in [0.3, 0.4) is 0 Å². The Morgan fingerprint density at radius 3 is 2.73 bits per heavy atom. The van der Waals surface area contributed by atoms with E-state index in [1.54, 1.807) is 4.90 Å². The lowest BCUT2D eigenvalue weighted by Gasteiger charge is -2.43. The zero-order valence-corrected chi connectivity index (χ0v) is 26.4. The van der Waals surface area contributed by atoms with Gasteiger partial charge in [-0.3, -0.25) is 4.79 Å². The summed E-state index contributed by atoms with van der Waals surface area (Å²) in [5.41, 5.74) is 5.09. The number of nitriles is 1. The fraction of sp³-hybridized carbons (Fsp3) is 0.559. The average Bonchev–Trinajstić information content (AvgIpc) is 3.49. The molecule has 11 heteroatoms. The first-order valence-corrected chi connectivity index (χ1v) is 16.2. The number of methoxy groups -OCH3 is 1. The monoisotopic (exact) mass is 613 g/mol. The van der Waals surface area contributed by atoms with Crippen molar-refractivity contribution in [2.24, 2.45) is 0 Å². The molecule has 11 nitrogen and oxygen atoms in total. The van der Waals surface area contributed by atoms with Crippen LogP contribution < -0.4 is 14.5 Å². The number of hydrogen-bond acceptors (Lipinski definition) is 10. The number of carbonyl (C=O) groups excluding carboxylic acids is 2. The Hall–Kier alpha value is -4.17. The molecule has 2 fully saturated rings. The van der Waals surface area contributed by atoms with Crippen LogP contribution in [-0.2, 0) is 28.8 Å². The van der Waals surface area contributed by atoms with Crippen LogP contribution in [0, 0.1) is 11.3 Å². The highest BCUT2D eigenvalue weighted by Crippen LogP contribution is 2.37. The van der Waals surface area contributed by atoms with Crippen LogP contribution in [-0.4, -0.2) is 103 Å². The second kappa shape index (κ2) is 13.4. The first-order chi connectivity index (χ1) is 21.9. The van der Waals surface area contributed by atoms with E-state index >= 15 is 0 Å². The number of anilines is 2. The number of aromatic nitrogens is 2. The molecule has 0 radical (unpaired) electrons. The Bertz CT molecular complexity index is 1490. The number of likely N-dealkylation sites (N-methyl/N-ethyl adjacent to an activating group) is 1. The molecule has 1 aliphatic carbocycles. The summed E-state index contributed by atoms with van der Waals surface area (Å²) in [7, 11) is 3.55. The van der Waals surface area contributed by atoms with Gasteiger partial charge >= 0.3 is 12.0 Å². The minimum Gasteiger partial charge on any atom is -0.465 e. The number of carbonyl (C=O) groups is 2. The number of piperazine rings is 1.